The molecule has 1 heterocycles. The van der Waals surface area contributed by atoms with Gasteiger partial charge in [-0.15, -0.1) is 0 Å². The summed E-state index contributed by atoms with van der Waals surface area (Å²) < 4.78 is 0. The third-order valence-electron chi connectivity index (χ3n) is 3.97. The lowest BCUT2D eigenvalue weighted by atomic mass is 9.90. The van der Waals surface area contributed by atoms with E-state index in [-0.39, 0.29) is 11.9 Å². The minimum absolute atomic E-state index is 0.156. The summed E-state index contributed by atoms with van der Waals surface area (Å²) in [5.41, 5.74) is -1.04. The minimum atomic E-state index is -1.04. The molecule has 108 valence electrons. The van der Waals surface area contributed by atoms with Gasteiger partial charge in [-0.05, 0) is 12.8 Å². The van der Waals surface area contributed by atoms with Gasteiger partial charge >= 0.3 is 5.97 Å². The van der Waals surface area contributed by atoms with Gasteiger partial charge in [-0.2, -0.15) is 11.8 Å². The third-order valence-corrected chi connectivity index (χ3v) is 5.03. The van der Waals surface area contributed by atoms with Crippen LogP contribution in [0.15, 0.2) is 0 Å². The number of carbonyl (C=O) groups excluding carboxylic acids is 1. The molecule has 2 fully saturated rings. The average Bonchev–Trinajstić information content (AvgIpc) is 2.66. The van der Waals surface area contributed by atoms with Crippen molar-refractivity contribution in [3.8, 4) is 0 Å². The van der Waals surface area contributed by atoms with E-state index in [1.807, 2.05) is 0 Å². The third kappa shape index (κ3) is 3.63. The maximum Gasteiger partial charge on any atom is 0.329 e. The maximum atomic E-state index is 12.2. The second kappa shape index (κ2) is 6.61. The molecule has 5 nitrogen and oxygen atoms in total. The van der Waals surface area contributed by atoms with Crippen LogP contribution < -0.4 is 10.6 Å². The van der Waals surface area contributed by atoms with Crippen LogP contribution in [0.5, 0.6) is 0 Å². The standard InChI is InChI=1S/C13H22N2O3S/c16-11(10-9-19-8-7-14-10)15-13(12(17)18)5-3-1-2-4-6-13/h10,14H,1-9H2,(H,15,16)(H,17,18). The smallest absolute Gasteiger partial charge is 0.329 e. The van der Waals surface area contributed by atoms with Crippen molar-refractivity contribution >= 4 is 23.6 Å². The highest BCUT2D eigenvalue weighted by molar-refractivity contribution is 7.99. The highest BCUT2D eigenvalue weighted by Gasteiger charge is 2.41. The van der Waals surface area contributed by atoms with E-state index in [0.29, 0.717) is 12.8 Å². The van der Waals surface area contributed by atoms with Crippen LogP contribution in [0.2, 0.25) is 0 Å². The van der Waals surface area contributed by atoms with Crippen LogP contribution in [-0.4, -0.2) is 46.6 Å². The molecule has 1 saturated heterocycles. The zero-order valence-electron chi connectivity index (χ0n) is 11.1. The first-order valence-corrected chi connectivity index (χ1v) is 8.16. The van der Waals surface area contributed by atoms with Gasteiger partial charge in [-0.3, -0.25) is 4.79 Å². The summed E-state index contributed by atoms with van der Waals surface area (Å²) in [5, 5.41) is 15.5. The van der Waals surface area contributed by atoms with Crippen molar-refractivity contribution in [3.05, 3.63) is 0 Å². The molecule has 0 aromatic heterocycles. The Bertz CT molecular complexity index is 335. The monoisotopic (exact) mass is 286 g/mol. The first-order valence-electron chi connectivity index (χ1n) is 7.01. The Morgan fingerprint density at radius 3 is 2.42 bits per heavy atom. The van der Waals surface area contributed by atoms with Crippen molar-refractivity contribution in [1.29, 1.82) is 0 Å². The van der Waals surface area contributed by atoms with Crippen LogP contribution in [0, 0.1) is 0 Å². The number of thioether (sulfide) groups is 1. The van der Waals surface area contributed by atoms with Gasteiger partial charge in [0.1, 0.15) is 5.54 Å². The summed E-state index contributed by atoms with van der Waals surface area (Å²) in [6.45, 7) is 0.808. The number of carbonyl (C=O) groups is 2. The van der Waals surface area contributed by atoms with Crippen molar-refractivity contribution in [3.63, 3.8) is 0 Å². The molecule has 0 radical (unpaired) electrons. The van der Waals surface area contributed by atoms with Crippen molar-refractivity contribution in [2.75, 3.05) is 18.1 Å². The fraction of sp³-hybridized carbons (Fsp3) is 0.846. The highest BCUT2D eigenvalue weighted by atomic mass is 32.2. The SMILES string of the molecule is O=C(NC1(C(=O)O)CCCCCC1)C1CSCCN1. The second-order valence-corrected chi connectivity index (χ2v) is 6.52. The molecule has 0 aromatic rings. The Balaban J connectivity index is 2.02. The minimum Gasteiger partial charge on any atom is -0.480 e. The van der Waals surface area contributed by atoms with Gasteiger partial charge in [0.25, 0.3) is 0 Å². The molecule has 6 heteroatoms. The van der Waals surface area contributed by atoms with E-state index in [2.05, 4.69) is 10.6 Å². The van der Waals surface area contributed by atoms with Gasteiger partial charge in [-0.25, -0.2) is 4.79 Å². The molecule has 1 unspecified atom stereocenters. The fourth-order valence-corrected chi connectivity index (χ4v) is 3.71. The highest BCUT2D eigenvalue weighted by Crippen LogP contribution is 2.27. The number of aliphatic carboxylic acids is 1. The predicted octanol–water partition coefficient (Wildman–Crippen LogP) is 0.985. The summed E-state index contributed by atoms with van der Waals surface area (Å²) in [6.07, 6.45) is 4.96. The topological polar surface area (TPSA) is 78.4 Å². The first-order chi connectivity index (χ1) is 9.14. The number of hydrogen-bond donors (Lipinski definition) is 3. The number of amides is 1. The number of nitrogens with one attached hydrogen (secondary N) is 2. The van der Waals surface area contributed by atoms with E-state index in [4.69, 9.17) is 0 Å². The van der Waals surface area contributed by atoms with Crippen LogP contribution >= 0.6 is 11.8 Å². The van der Waals surface area contributed by atoms with E-state index in [1.165, 1.54) is 0 Å². The van der Waals surface area contributed by atoms with Gasteiger partial charge in [0.05, 0.1) is 6.04 Å². The van der Waals surface area contributed by atoms with Crippen molar-refractivity contribution in [1.82, 2.24) is 10.6 Å². The van der Waals surface area contributed by atoms with Crippen LogP contribution in [0.4, 0.5) is 0 Å². The number of hydrogen-bond acceptors (Lipinski definition) is 4. The molecule has 3 N–H and O–H groups in total. The summed E-state index contributed by atoms with van der Waals surface area (Å²) in [6, 6.07) is -0.252. The lowest BCUT2D eigenvalue weighted by Crippen LogP contribution is -2.60. The Morgan fingerprint density at radius 2 is 1.89 bits per heavy atom. The summed E-state index contributed by atoms with van der Waals surface area (Å²) >= 11 is 1.73. The molecule has 2 rings (SSSR count). The number of carboxylic acids is 1. The van der Waals surface area contributed by atoms with Crippen molar-refractivity contribution in [2.45, 2.75) is 50.1 Å². The van der Waals surface area contributed by atoms with Gasteiger partial charge in [0, 0.05) is 18.1 Å². The Morgan fingerprint density at radius 1 is 1.21 bits per heavy atom. The average molecular weight is 286 g/mol. The van der Waals surface area contributed by atoms with E-state index in [0.717, 1.165) is 43.7 Å². The molecule has 0 aromatic carbocycles. The molecule has 19 heavy (non-hydrogen) atoms. The van der Waals surface area contributed by atoms with E-state index < -0.39 is 11.5 Å². The van der Waals surface area contributed by atoms with Gasteiger partial charge in [0.2, 0.25) is 5.91 Å². The molecule has 1 aliphatic heterocycles. The van der Waals surface area contributed by atoms with E-state index in [9.17, 15) is 14.7 Å². The van der Waals surface area contributed by atoms with Crippen LogP contribution in [-0.2, 0) is 9.59 Å². The molecular weight excluding hydrogens is 264 g/mol. The number of rotatable bonds is 3. The molecule has 1 amide bonds. The van der Waals surface area contributed by atoms with Crippen LogP contribution in [0.3, 0.4) is 0 Å². The molecule has 1 saturated carbocycles. The van der Waals surface area contributed by atoms with E-state index >= 15 is 0 Å². The lowest BCUT2D eigenvalue weighted by Gasteiger charge is -2.32. The molecule has 1 atom stereocenters. The van der Waals surface area contributed by atoms with Gasteiger partial charge in [-0.1, -0.05) is 25.7 Å². The maximum absolute atomic E-state index is 12.2. The zero-order chi connectivity index (χ0) is 13.7. The summed E-state index contributed by atoms with van der Waals surface area (Å²) in [5.74, 6) is 0.692. The second-order valence-electron chi connectivity index (χ2n) is 5.37. The molecule has 1 aliphatic carbocycles. The Hall–Kier alpha value is -0.750. The summed E-state index contributed by atoms with van der Waals surface area (Å²) in [4.78, 5) is 23.8. The molecule has 0 bridgehead atoms. The lowest BCUT2D eigenvalue weighted by molar-refractivity contribution is -0.148. The largest absolute Gasteiger partial charge is 0.480 e. The summed E-state index contributed by atoms with van der Waals surface area (Å²) in [7, 11) is 0. The van der Waals surface area contributed by atoms with Gasteiger partial charge in [0.15, 0.2) is 0 Å². The number of carboxylic acid groups (broad SMARTS) is 1. The van der Waals surface area contributed by atoms with Crippen molar-refractivity contribution < 1.29 is 14.7 Å². The van der Waals surface area contributed by atoms with Crippen LogP contribution in [0.25, 0.3) is 0 Å². The molecule has 0 spiro atoms. The van der Waals surface area contributed by atoms with Crippen LogP contribution in [0.1, 0.15) is 38.5 Å². The molecule has 2 aliphatic rings. The fourth-order valence-electron chi connectivity index (χ4n) is 2.78. The van der Waals surface area contributed by atoms with Gasteiger partial charge < -0.3 is 15.7 Å². The Kier molecular flexibility index (Phi) is 5.10. The predicted molar refractivity (Wildman–Crippen MR) is 75.3 cm³/mol. The normalized spacial score (nSPS) is 27.3. The zero-order valence-corrected chi connectivity index (χ0v) is 11.9. The quantitative estimate of drug-likeness (QED) is 0.674. The first kappa shape index (κ1) is 14.7. The Labute approximate surface area is 117 Å². The van der Waals surface area contributed by atoms with Crippen molar-refractivity contribution in [2.24, 2.45) is 0 Å². The van der Waals surface area contributed by atoms with E-state index in [1.54, 1.807) is 11.8 Å². The molecular formula is C13H22N2O3S.